The molecule has 2 aliphatic carbocycles. The first-order valence-electron chi connectivity index (χ1n) is 8.51. The summed E-state index contributed by atoms with van der Waals surface area (Å²) in [6.45, 7) is 8.37. The number of hydroxylamine groups is 1. The second-order valence-corrected chi connectivity index (χ2v) is 9.97. The Kier molecular flexibility index (Phi) is 4.15. The number of carbonyl (C=O) groups is 1. The highest BCUT2D eigenvalue weighted by atomic mass is 32.2. The van der Waals surface area contributed by atoms with Gasteiger partial charge in [-0.1, -0.05) is 13.8 Å². The van der Waals surface area contributed by atoms with Crippen molar-refractivity contribution in [3.05, 3.63) is 0 Å². The third-order valence-electron chi connectivity index (χ3n) is 6.80. The van der Waals surface area contributed by atoms with Crippen LogP contribution in [-0.2, 0) is 19.7 Å². The first-order valence-corrected chi connectivity index (χ1v) is 10.2. The molecule has 5 atom stereocenters. The van der Waals surface area contributed by atoms with Gasteiger partial charge in [-0.2, -0.15) is 5.48 Å². The zero-order valence-corrected chi connectivity index (χ0v) is 15.2. The second kappa shape index (κ2) is 5.51. The highest BCUT2D eigenvalue weighted by molar-refractivity contribution is 7.89. The average Bonchev–Trinajstić information content (AvgIpc) is 2.94. The van der Waals surface area contributed by atoms with Crippen LogP contribution in [0.2, 0.25) is 0 Å². The quantitative estimate of drug-likeness (QED) is 0.784. The van der Waals surface area contributed by atoms with E-state index in [1.807, 2.05) is 13.8 Å². The average molecular weight is 344 g/mol. The van der Waals surface area contributed by atoms with Crippen LogP contribution < -0.4 is 10.2 Å². The van der Waals surface area contributed by atoms with Crippen LogP contribution in [0.4, 0.5) is 0 Å². The Bertz CT molecular complexity index is 593. The number of Topliss-reactive ketones (excluding diaryl/α,β-unsaturated/α-hetero) is 1. The number of rotatable bonds is 5. The predicted octanol–water partition coefficient (Wildman–Crippen LogP) is 1.23. The van der Waals surface area contributed by atoms with Crippen molar-refractivity contribution < 1.29 is 18.0 Å². The van der Waals surface area contributed by atoms with Gasteiger partial charge in [-0.3, -0.25) is 9.63 Å². The summed E-state index contributed by atoms with van der Waals surface area (Å²) in [4.78, 5) is 17.8. The zero-order chi connectivity index (χ0) is 17.0. The normalized spacial score (nSPS) is 42.5. The van der Waals surface area contributed by atoms with Crippen LogP contribution in [0.15, 0.2) is 0 Å². The minimum Gasteiger partial charge on any atom is -0.299 e. The molecular formula is C16H28N2O4S. The molecule has 3 aliphatic rings. The lowest BCUT2D eigenvalue weighted by molar-refractivity contribution is -0.128. The molecule has 2 bridgehead atoms. The Morgan fingerprint density at radius 2 is 2.04 bits per heavy atom. The van der Waals surface area contributed by atoms with Crippen molar-refractivity contribution >= 4 is 15.8 Å². The number of carbonyl (C=O) groups excluding carboxylic acids is 1. The standard InChI is InChI=1S/C16H28N2O4S/c1-10-13(11(2)22-18-10)8-17-23(20,21)9-16-6-5-12(7-14(16)19)15(16,3)4/h10-13,17-18H,5-9H2,1-4H3. The SMILES string of the molecule is CC1NOC(C)C1CNS(=O)(=O)CC12CCC(CC1=O)C2(C)C. The van der Waals surface area contributed by atoms with Gasteiger partial charge in [0.15, 0.2) is 0 Å². The molecule has 2 saturated carbocycles. The van der Waals surface area contributed by atoms with Gasteiger partial charge in [-0.25, -0.2) is 13.1 Å². The van der Waals surface area contributed by atoms with Gasteiger partial charge in [0.25, 0.3) is 0 Å². The van der Waals surface area contributed by atoms with Gasteiger partial charge in [0.05, 0.1) is 11.9 Å². The minimum atomic E-state index is -3.50. The predicted molar refractivity (Wildman–Crippen MR) is 87.0 cm³/mol. The molecule has 3 rings (SSSR count). The zero-order valence-electron chi connectivity index (χ0n) is 14.4. The monoisotopic (exact) mass is 344 g/mol. The van der Waals surface area contributed by atoms with Crippen molar-refractivity contribution in [2.75, 3.05) is 12.3 Å². The Labute approximate surface area is 138 Å². The van der Waals surface area contributed by atoms with Gasteiger partial charge in [0.2, 0.25) is 10.0 Å². The van der Waals surface area contributed by atoms with E-state index in [-0.39, 0.29) is 35.0 Å². The molecule has 3 fully saturated rings. The Balaban J connectivity index is 1.70. The van der Waals surface area contributed by atoms with Crippen molar-refractivity contribution in [2.24, 2.45) is 22.7 Å². The summed E-state index contributed by atoms with van der Waals surface area (Å²) in [5, 5.41) is 0. The molecular weight excluding hydrogens is 316 g/mol. The van der Waals surface area contributed by atoms with Crippen molar-refractivity contribution in [3.63, 3.8) is 0 Å². The van der Waals surface area contributed by atoms with Crippen molar-refractivity contribution in [1.29, 1.82) is 0 Å². The van der Waals surface area contributed by atoms with Crippen molar-refractivity contribution in [2.45, 2.75) is 59.1 Å². The molecule has 1 heterocycles. The van der Waals surface area contributed by atoms with Gasteiger partial charge in [0.1, 0.15) is 5.78 Å². The van der Waals surface area contributed by atoms with E-state index >= 15 is 0 Å². The van der Waals surface area contributed by atoms with E-state index in [4.69, 9.17) is 4.84 Å². The van der Waals surface area contributed by atoms with E-state index in [9.17, 15) is 13.2 Å². The Hall–Kier alpha value is -0.500. The van der Waals surface area contributed by atoms with E-state index < -0.39 is 15.4 Å². The minimum absolute atomic E-state index is 0.0359. The number of hydrogen-bond donors (Lipinski definition) is 2. The number of fused-ring (bicyclic) bond motifs is 2. The summed E-state index contributed by atoms with van der Waals surface area (Å²) >= 11 is 0. The molecule has 0 spiro atoms. The summed E-state index contributed by atoms with van der Waals surface area (Å²) in [6.07, 6.45) is 2.16. The van der Waals surface area contributed by atoms with E-state index in [1.165, 1.54) is 0 Å². The van der Waals surface area contributed by atoms with Crippen LogP contribution in [0.25, 0.3) is 0 Å². The van der Waals surface area contributed by atoms with Gasteiger partial charge >= 0.3 is 0 Å². The molecule has 1 aliphatic heterocycles. The number of hydrogen-bond acceptors (Lipinski definition) is 5. The van der Waals surface area contributed by atoms with Gasteiger partial charge in [0, 0.05) is 30.3 Å². The summed E-state index contributed by atoms with van der Waals surface area (Å²) < 4.78 is 28.0. The number of nitrogens with one attached hydrogen (secondary N) is 2. The lowest BCUT2D eigenvalue weighted by Crippen LogP contribution is -2.47. The van der Waals surface area contributed by atoms with Crippen LogP contribution >= 0.6 is 0 Å². The van der Waals surface area contributed by atoms with Crippen LogP contribution in [0.5, 0.6) is 0 Å². The summed E-state index contributed by atoms with van der Waals surface area (Å²) in [5.74, 6) is 0.479. The number of ketones is 1. The highest BCUT2D eigenvalue weighted by Crippen LogP contribution is 2.64. The largest absolute Gasteiger partial charge is 0.299 e. The highest BCUT2D eigenvalue weighted by Gasteiger charge is 2.65. The smallest absolute Gasteiger partial charge is 0.212 e. The topological polar surface area (TPSA) is 84.5 Å². The summed E-state index contributed by atoms with van der Waals surface area (Å²) in [7, 11) is -3.50. The van der Waals surface area contributed by atoms with E-state index in [0.29, 0.717) is 25.3 Å². The lowest BCUT2D eigenvalue weighted by Gasteiger charge is -2.36. The van der Waals surface area contributed by atoms with Crippen molar-refractivity contribution in [3.8, 4) is 0 Å². The Morgan fingerprint density at radius 1 is 1.35 bits per heavy atom. The van der Waals surface area contributed by atoms with Crippen LogP contribution in [-0.4, -0.2) is 38.6 Å². The molecule has 132 valence electrons. The van der Waals surface area contributed by atoms with E-state index in [0.717, 1.165) is 6.42 Å². The van der Waals surface area contributed by atoms with Gasteiger partial charge < -0.3 is 0 Å². The Morgan fingerprint density at radius 3 is 2.52 bits per heavy atom. The molecule has 5 unspecified atom stereocenters. The molecule has 1 saturated heterocycles. The van der Waals surface area contributed by atoms with Crippen LogP contribution in [0.3, 0.4) is 0 Å². The molecule has 0 aromatic carbocycles. The molecule has 6 nitrogen and oxygen atoms in total. The first-order chi connectivity index (χ1) is 10.6. The fourth-order valence-corrected chi connectivity index (χ4v) is 6.72. The molecule has 0 radical (unpaired) electrons. The molecule has 7 heteroatoms. The molecule has 2 N–H and O–H groups in total. The maximum atomic E-state index is 12.6. The molecule has 0 aromatic heterocycles. The maximum Gasteiger partial charge on any atom is 0.212 e. The van der Waals surface area contributed by atoms with E-state index in [2.05, 4.69) is 24.0 Å². The van der Waals surface area contributed by atoms with Crippen LogP contribution in [0, 0.1) is 22.7 Å². The lowest BCUT2D eigenvalue weighted by atomic mass is 9.70. The van der Waals surface area contributed by atoms with Gasteiger partial charge in [-0.15, -0.1) is 0 Å². The number of sulfonamides is 1. The summed E-state index contributed by atoms with van der Waals surface area (Å²) in [6, 6.07) is 0.103. The third-order valence-corrected chi connectivity index (χ3v) is 8.28. The second-order valence-electron chi connectivity index (χ2n) is 8.17. The van der Waals surface area contributed by atoms with Gasteiger partial charge in [-0.05, 0) is 38.0 Å². The van der Waals surface area contributed by atoms with Crippen LogP contribution in [0.1, 0.15) is 47.0 Å². The fraction of sp³-hybridized carbons (Fsp3) is 0.938. The third kappa shape index (κ3) is 2.65. The maximum absolute atomic E-state index is 12.6. The van der Waals surface area contributed by atoms with E-state index in [1.54, 1.807) is 0 Å². The molecule has 0 amide bonds. The molecule has 0 aromatic rings. The molecule has 23 heavy (non-hydrogen) atoms. The fourth-order valence-electron chi connectivity index (χ4n) is 4.85. The van der Waals surface area contributed by atoms with Crippen molar-refractivity contribution in [1.82, 2.24) is 10.2 Å². The summed E-state index contributed by atoms with van der Waals surface area (Å²) in [5.41, 5.74) is 1.96. The first kappa shape index (κ1) is 17.3.